The number of benzene rings is 1. The van der Waals surface area contributed by atoms with Crippen LogP contribution < -0.4 is 10.5 Å². The van der Waals surface area contributed by atoms with Gasteiger partial charge in [0.1, 0.15) is 4.90 Å². The number of para-hydroxylation sites is 1. The molecule has 0 aromatic heterocycles. The van der Waals surface area contributed by atoms with E-state index in [-0.39, 0.29) is 9.64 Å². The zero-order valence-corrected chi connectivity index (χ0v) is 13.3. The van der Waals surface area contributed by atoms with Crippen LogP contribution in [-0.2, 0) is 10.0 Å². The van der Waals surface area contributed by atoms with Gasteiger partial charge in [-0.25, -0.2) is 13.6 Å². The second-order valence-corrected chi connectivity index (χ2v) is 7.29. The Balaban J connectivity index is 2.96. The molecule has 6 heteroatoms. The summed E-state index contributed by atoms with van der Waals surface area (Å²) in [5, 5.41) is 8.45. The minimum Gasteiger partial charge on any atom is -0.383 e. The average molecular weight is 302 g/mol. The van der Waals surface area contributed by atoms with Crippen molar-refractivity contribution >= 4 is 27.5 Å². The van der Waals surface area contributed by atoms with E-state index in [0.717, 1.165) is 12.8 Å². The first kappa shape index (κ1) is 16.3. The van der Waals surface area contributed by atoms with Gasteiger partial charge >= 0.3 is 0 Å². The number of anilines is 1. The summed E-state index contributed by atoms with van der Waals surface area (Å²) in [6.45, 7) is 5.01. The highest BCUT2D eigenvalue weighted by Gasteiger charge is 2.25. The van der Waals surface area contributed by atoms with Gasteiger partial charge in [0.25, 0.3) is 0 Å². The molecular formula is C13H22N2O2S2. The van der Waals surface area contributed by atoms with Crippen LogP contribution in [0.15, 0.2) is 29.2 Å². The standard InChI is InChI=1S/C13H22N2O2S2/c1-4-13(5-2,18-3)10-15-11-8-6-7-9-12(11)19(14,16)17/h6-9,15H,4-5,10H2,1-3H3,(H2,14,16,17). The van der Waals surface area contributed by atoms with Crippen LogP contribution in [-0.4, -0.2) is 26.0 Å². The van der Waals surface area contributed by atoms with E-state index < -0.39 is 10.0 Å². The number of sulfonamides is 1. The highest BCUT2D eigenvalue weighted by atomic mass is 32.2. The van der Waals surface area contributed by atoms with E-state index in [1.54, 1.807) is 30.0 Å². The molecule has 0 aliphatic carbocycles. The van der Waals surface area contributed by atoms with E-state index in [0.29, 0.717) is 12.2 Å². The lowest BCUT2D eigenvalue weighted by atomic mass is 10.0. The van der Waals surface area contributed by atoms with Crippen LogP contribution >= 0.6 is 11.8 Å². The molecule has 0 atom stereocenters. The molecule has 108 valence electrons. The molecule has 0 heterocycles. The molecule has 0 fully saturated rings. The molecule has 0 aliphatic rings. The molecule has 0 amide bonds. The number of nitrogens with one attached hydrogen (secondary N) is 1. The summed E-state index contributed by atoms with van der Waals surface area (Å²) in [6, 6.07) is 6.74. The number of hydrogen-bond acceptors (Lipinski definition) is 4. The highest BCUT2D eigenvalue weighted by Crippen LogP contribution is 2.31. The summed E-state index contributed by atoms with van der Waals surface area (Å²) >= 11 is 1.81. The second-order valence-electron chi connectivity index (χ2n) is 4.49. The van der Waals surface area contributed by atoms with Gasteiger partial charge in [-0.05, 0) is 31.2 Å². The van der Waals surface area contributed by atoms with Crippen LogP contribution in [0.2, 0.25) is 0 Å². The first-order valence-corrected chi connectivity index (χ1v) is 9.06. The van der Waals surface area contributed by atoms with Gasteiger partial charge in [-0.1, -0.05) is 26.0 Å². The summed E-state index contributed by atoms with van der Waals surface area (Å²) in [6.07, 6.45) is 4.13. The largest absolute Gasteiger partial charge is 0.383 e. The lowest BCUT2D eigenvalue weighted by Gasteiger charge is -2.30. The molecule has 4 nitrogen and oxygen atoms in total. The molecule has 19 heavy (non-hydrogen) atoms. The van der Waals surface area contributed by atoms with Crippen molar-refractivity contribution in [2.75, 3.05) is 18.1 Å². The van der Waals surface area contributed by atoms with Crippen molar-refractivity contribution in [1.29, 1.82) is 0 Å². The quantitative estimate of drug-likeness (QED) is 0.812. The van der Waals surface area contributed by atoms with Crippen molar-refractivity contribution in [3.05, 3.63) is 24.3 Å². The molecule has 0 radical (unpaired) electrons. The smallest absolute Gasteiger partial charge is 0.240 e. The summed E-state index contributed by atoms with van der Waals surface area (Å²) in [5.74, 6) is 0. The van der Waals surface area contributed by atoms with Crippen molar-refractivity contribution in [3.8, 4) is 0 Å². The Bertz CT molecular complexity index is 503. The van der Waals surface area contributed by atoms with Crippen LogP contribution in [0.25, 0.3) is 0 Å². The summed E-state index contributed by atoms with van der Waals surface area (Å²) in [7, 11) is -3.69. The van der Waals surface area contributed by atoms with Gasteiger partial charge in [0.05, 0.1) is 5.69 Å². The first-order chi connectivity index (χ1) is 8.88. The van der Waals surface area contributed by atoms with Crippen LogP contribution in [0.5, 0.6) is 0 Å². The maximum absolute atomic E-state index is 11.5. The van der Waals surface area contributed by atoms with Gasteiger partial charge in [0.2, 0.25) is 10.0 Å². The van der Waals surface area contributed by atoms with E-state index in [1.807, 2.05) is 0 Å². The van der Waals surface area contributed by atoms with Crippen LogP contribution in [0, 0.1) is 0 Å². The number of rotatable bonds is 7. The molecule has 1 aromatic carbocycles. The van der Waals surface area contributed by atoms with Gasteiger partial charge in [0, 0.05) is 11.3 Å². The summed E-state index contributed by atoms with van der Waals surface area (Å²) in [5.41, 5.74) is 0.574. The van der Waals surface area contributed by atoms with Crippen molar-refractivity contribution in [2.45, 2.75) is 36.3 Å². The SMILES string of the molecule is CCC(CC)(CNc1ccccc1S(N)(=O)=O)SC. The Hall–Kier alpha value is -0.720. The van der Waals surface area contributed by atoms with E-state index in [4.69, 9.17) is 5.14 Å². The van der Waals surface area contributed by atoms with Gasteiger partial charge in [0.15, 0.2) is 0 Å². The Morgan fingerprint density at radius 2 is 1.84 bits per heavy atom. The van der Waals surface area contributed by atoms with Crippen molar-refractivity contribution in [2.24, 2.45) is 5.14 Å². The van der Waals surface area contributed by atoms with Crippen molar-refractivity contribution < 1.29 is 8.42 Å². The molecule has 0 unspecified atom stereocenters. The molecule has 0 bridgehead atoms. The zero-order chi connectivity index (χ0) is 14.5. The molecule has 0 spiro atoms. The summed E-state index contributed by atoms with van der Waals surface area (Å²) < 4.78 is 23.2. The first-order valence-electron chi connectivity index (χ1n) is 6.29. The normalized spacial score (nSPS) is 12.4. The zero-order valence-electron chi connectivity index (χ0n) is 11.6. The van der Waals surface area contributed by atoms with E-state index >= 15 is 0 Å². The maximum atomic E-state index is 11.5. The topological polar surface area (TPSA) is 72.2 Å². The Labute approximate surface area is 120 Å². The van der Waals surface area contributed by atoms with Crippen molar-refractivity contribution in [3.63, 3.8) is 0 Å². The molecule has 1 aromatic rings. The maximum Gasteiger partial charge on any atom is 0.240 e. The fourth-order valence-corrected chi connectivity index (χ4v) is 3.49. The fraction of sp³-hybridized carbons (Fsp3) is 0.538. The predicted octanol–water partition coefficient (Wildman–Crippen LogP) is 2.67. The number of nitrogens with two attached hydrogens (primary N) is 1. The molecular weight excluding hydrogens is 280 g/mol. The van der Waals surface area contributed by atoms with E-state index in [9.17, 15) is 8.42 Å². The van der Waals surface area contributed by atoms with E-state index in [1.165, 1.54) is 6.07 Å². The lowest BCUT2D eigenvalue weighted by Crippen LogP contribution is -2.32. The van der Waals surface area contributed by atoms with Crippen LogP contribution in [0.3, 0.4) is 0 Å². The minimum absolute atomic E-state index is 0.117. The Morgan fingerprint density at radius 3 is 2.32 bits per heavy atom. The lowest BCUT2D eigenvalue weighted by molar-refractivity contribution is 0.573. The number of thioether (sulfide) groups is 1. The predicted molar refractivity (Wildman–Crippen MR) is 83.1 cm³/mol. The van der Waals surface area contributed by atoms with Gasteiger partial charge < -0.3 is 5.32 Å². The third kappa shape index (κ3) is 4.12. The Kier molecular flexibility index (Phi) is 5.70. The molecule has 3 N–H and O–H groups in total. The highest BCUT2D eigenvalue weighted by molar-refractivity contribution is 8.00. The van der Waals surface area contributed by atoms with Gasteiger partial charge in [-0.15, -0.1) is 0 Å². The summed E-state index contributed by atoms with van der Waals surface area (Å²) in [4.78, 5) is 0.150. The molecule has 0 saturated carbocycles. The fourth-order valence-electron chi connectivity index (χ4n) is 1.98. The third-order valence-electron chi connectivity index (χ3n) is 3.52. The molecule has 0 aliphatic heterocycles. The van der Waals surface area contributed by atoms with Crippen LogP contribution in [0.4, 0.5) is 5.69 Å². The minimum atomic E-state index is -3.69. The van der Waals surface area contributed by atoms with E-state index in [2.05, 4.69) is 25.4 Å². The monoisotopic (exact) mass is 302 g/mol. The van der Waals surface area contributed by atoms with Gasteiger partial charge in [-0.3, -0.25) is 0 Å². The van der Waals surface area contributed by atoms with Crippen molar-refractivity contribution in [1.82, 2.24) is 0 Å². The Morgan fingerprint density at radius 1 is 1.26 bits per heavy atom. The number of hydrogen-bond donors (Lipinski definition) is 2. The van der Waals surface area contributed by atoms with Gasteiger partial charge in [-0.2, -0.15) is 11.8 Å². The average Bonchev–Trinajstić information content (AvgIpc) is 2.40. The number of primary sulfonamides is 1. The molecule has 1 rings (SSSR count). The third-order valence-corrected chi connectivity index (χ3v) is 6.07. The second kappa shape index (κ2) is 6.63. The van der Waals surface area contributed by atoms with Crippen LogP contribution in [0.1, 0.15) is 26.7 Å². The molecule has 0 saturated heterocycles.